The number of rotatable bonds is 2. The van der Waals surface area contributed by atoms with Crippen molar-refractivity contribution in [1.29, 1.82) is 0 Å². The van der Waals surface area contributed by atoms with Crippen LogP contribution in [0.4, 0.5) is 11.4 Å². The van der Waals surface area contributed by atoms with Gasteiger partial charge >= 0.3 is 23.1 Å². The fourth-order valence-electron chi connectivity index (χ4n) is 1.55. The Kier molecular flexibility index (Phi) is 7.51. The van der Waals surface area contributed by atoms with Gasteiger partial charge in [0.2, 0.25) is 0 Å². The van der Waals surface area contributed by atoms with Crippen molar-refractivity contribution in [3.8, 4) is 0 Å². The Labute approximate surface area is 130 Å². The van der Waals surface area contributed by atoms with Crippen LogP contribution in [0.3, 0.4) is 0 Å². The van der Waals surface area contributed by atoms with Crippen molar-refractivity contribution in [2.24, 2.45) is 0 Å². The molecule has 2 aromatic carbocycles. The molecule has 0 heterocycles. The van der Waals surface area contributed by atoms with Gasteiger partial charge in [0, 0.05) is 12.7 Å². The van der Waals surface area contributed by atoms with Crippen LogP contribution in [0.25, 0.3) is 0 Å². The van der Waals surface area contributed by atoms with E-state index in [1.807, 2.05) is 24.3 Å². The second kappa shape index (κ2) is 7.74. The topological polar surface area (TPSA) is 3.24 Å². The Morgan fingerprint density at radius 3 is 2.29 bits per heavy atom. The zero-order valence-corrected chi connectivity index (χ0v) is 13.2. The van der Waals surface area contributed by atoms with E-state index in [9.17, 15) is 0 Å². The zero-order chi connectivity index (χ0) is 10.7. The van der Waals surface area contributed by atoms with Crippen molar-refractivity contribution in [1.82, 2.24) is 0 Å². The molecule has 0 fully saturated rings. The molecule has 1 nitrogen and oxygen atoms in total. The number of anilines is 2. The van der Waals surface area contributed by atoms with Gasteiger partial charge in [0.1, 0.15) is 0 Å². The number of halogens is 1. The average Bonchev–Trinajstić information content (AvgIpc) is 2.29. The Balaban J connectivity index is 0.00000128. The molecule has 0 bridgehead atoms. The van der Waals surface area contributed by atoms with Crippen LogP contribution in [0.2, 0.25) is 0 Å². The van der Waals surface area contributed by atoms with Gasteiger partial charge in [-0.15, -0.1) is 6.07 Å². The van der Waals surface area contributed by atoms with Crippen molar-refractivity contribution in [3.63, 3.8) is 0 Å². The maximum atomic E-state index is 3.23. The molecule has 0 aliphatic heterocycles. The summed E-state index contributed by atoms with van der Waals surface area (Å²) in [6, 6.07) is 19.7. The number of nitrogens with zero attached hydrogens (tertiary/aromatic N) is 1. The summed E-state index contributed by atoms with van der Waals surface area (Å²) in [6.07, 6.45) is 0. The number of hydrogen-bond donors (Lipinski definition) is 0. The van der Waals surface area contributed by atoms with Crippen LogP contribution < -0.4 is 21.9 Å². The van der Waals surface area contributed by atoms with Gasteiger partial charge in [-0.3, -0.25) is 0 Å². The average molecular weight is 300 g/mol. The number of aryl methyl sites for hydroxylation is 1. The molecule has 17 heavy (non-hydrogen) atoms. The largest absolute Gasteiger partial charge is 2.00 e. The van der Waals surface area contributed by atoms with Gasteiger partial charge in [0.15, 0.2) is 0 Å². The van der Waals surface area contributed by atoms with Gasteiger partial charge in [-0.1, -0.05) is 30.8 Å². The van der Waals surface area contributed by atoms with Crippen molar-refractivity contribution in [2.45, 2.75) is 6.92 Å². The monoisotopic (exact) mass is 299 g/mol. The molecule has 0 amide bonds. The Morgan fingerprint density at radius 1 is 1.06 bits per heavy atom. The van der Waals surface area contributed by atoms with Crippen LogP contribution in [0.15, 0.2) is 48.5 Å². The van der Waals surface area contributed by atoms with E-state index in [1.165, 1.54) is 11.3 Å². The number of hydrogen-bond acceptors (Lipinski definition) is 1. The summed E-state index contributed by atoms with van der Waals surface area (Å²) < 4.78 is 0. The molecule has 0 aliphatic rings. The minimum absolute atomic E-state index is 0. The van der Waals surface area contributed by atoms with E-state index in [0.29, 0.717) is 0 Å². The molecule has 0 spiro atoms. The van der Waals surface area contributed by atoms with Gasteiger partial charge in [0.05, 0.1) is 0 Å². The van der Waals surface area contributed by atoms with Crippen molar-refractivity contribution < 1.29 is 17.0 Å². The fraction of sp³-hybridized carbons (Fsp3) is 0.143. The van der Waals surface area contributed by atoms with E-state index in [-0.39, 0.29) is 40.0 Å². The maximum absolute atomic E-state index is 3.23. The second-order valence-electron chi connectivity index (χ2n) is 3.65. The van der Waals surface area contributed by atoms with Gasteiger partial charge in [-0.2, -0.15) is 23.8 Å². The van der Waals surface area contributed by atoms with Crippen LogP contribution in [0.5, 0.6) is 0 Å². The molecule has 2 rings (SSSR count). The molecule has 0 saturated heterocycles. The summed E-state index contributed by atoms with van der Waals surface area (Å²) in [4.78, 5) is 2.13. The van der Waals surface area contributed by atoms with Crippen molar-refractivity contribution in [2.75, 3.05) is 11.9 Å². The Bertz CT molecular complexity index is 445. The molecule has 84 valence electrons. The van der Waals surface area contributed by atoms with E-state index in [2.05, 4.69) is 49.2 Å². The Hall–Kier alpha value is -0.514. The van der Waals surface area contributed by atoms with E-state index in [0.717, 1.165) is 5.69 Å². The van der Waals surface area contributed by atoms with Gasteiger partial charge in [-0.05, 0) is 12.1 Å². The van der Waals surface area contributed by atoms with Crippen LogP contribution in [-0.4, -0.2) is 30.1 Å². The predicted octanol–water partition coefficient (Wildman–Crippen LogP) is 0.186. The summed E-state index contributed by atoms with van der Waals surface area (Å²) in [5.74, 6) is 0. The minimum atomic E-state index is 0. The standard InChI is InChI=1S/C14H14N.BrH.Mg/c1-12-7-6-10-14(11-12)15(2)13-8-4-3-5-9-13;;/h3-9,11H,1-2H3;1H;/q-1;;+2/p-1. The molecule has 0 aromatic heterocycles. The van der Waals surface area contributed by atoms with Crippen LogP contribution in [-0.2, 0) is 0 Å². The fourth-order valence-corrected chi connectivity index (χ4v) is 1.55. The summed E-state index contributed by atoms with van der Waals surface area (Å²) in [5, 5.41) is 0. The second-order valence-corrected chi connectivity index (χ2v) is 3.65. The van der Waals surface area contributed by atoms with Gasteiger partial charge < -0.3 is 21.9 Å². The van der Waals surface area contributed by atoms with Crippen molar-refractivity contribution >= 4 is 34.4 Å². The number of benzene rings is 2. The van der Waals surface area contributed by atoms with Gasteiger partial charge in [-0.25, -0.2) is 0 Å². The van der Waals surface area contributed by atoms with Crippen LogP contribution in [0.1, 0.15) is 5.56 Å². The Morgan fingerprint density at radius 2 is 1.71 bits per heavy atom. The summed E-state index contributed by atoms with van der Waals surface area (Å²) in [7, 11) is 2.06. The molecule has 0 saturated carbocycles. The number of para-hydroxylation sites is 1. The SMILES string of the molecule is Cc1cc[c-]c(N(C)c2ccccc2)c1.[Br-].[Mg+2]. The predicted molar refractivity (Wildman–Crippen MR) is 70.3 cm³/mol. The van der Waals surface area contributed by atoms with Crippen LogP contribution >= 0.6 is 0 Å². The molecule has 0 atom stereocenters. The normalized spacial score (nSPS) is 8.82. The molecule has 2 aromatic rings. The summed E-state index contributed by atoms with van der Waals surface area (Å²) >= 11 is 0. The van der Waals surface area contributed by atoms with E-state index in [4.69, 9.17) is 0 Å². The molecule has 0 radical (unpaired) electrons. The minimum Gasteiger partial charge on any atom is -1.00 e. The van der Waals surface area contributed by atoms with E-state index < -0.39 is 0 Å². The third-order valence-corrected chi connectivity index (χ3v) is 2.45. The smallest absolute Gasteiger partial charge is 1.00 e. The molecular formula is C14H14BrMgN. The first-order chi connectivity index (χ1) is 7.27. The van der Waals surface area contributed by atoms with E-state index >= 15 is 0 Å². The van der Waals surface area contributed by atoms with E-state index in [1.54, 1.807) is 0 Å². The zero-order valence-electron chi connectivity index (χ0n) is 10.2. The molecule has 0 aliphatic carbocycles. The maximum Gasteiger partial charge on any atom is 2.00 e. The van der Waals surface area contributed by atoms with Gasteiger partial charge in [0.25, 0.3) is 0 Å². The quantitative estimate of drug-likeness (QED) is 0.565. The summed E-state index contributed by atoms with van der Waals surface area (Å²) in [5.41, 5.74) is 3.53. The first kappa shape index (κ1) is 16.5. The molecular weight excluding hydrogens is 286 g/mol. The van der Waals surface area contributed by atoms with Crippen LogP contribution in [0, 0.1) is 13.0 Å². The molecule has 3 heteroatoms. The molecule has 0 N–H and O–H groups in total. The third-order valence-electron chi connectivity index (χ3n) is 2.45. The molecule has 0 unspecified atom stereocenters. The first-order valence-electron chi connectivity index (χ1n) is 5.04. The first-order valence-corrected chi connectivity index (χ1v) is 5.04. The summed E-state index contributed by atoms with van der Waals surface area (Å²) in [6.45, 7) is 2.09. The van der Waals surface area contributed by atoms with Crippen molar-refractivity contribution in [3.05, 3.63) is 60.2 Å². The third kappa shape index (κ3) is 4.34.